The third-order valence-electron chi connectivity index (χ3n) is 3.26. The molecule has 1 aliphatic carbocycles. The molecule has 12 heavy (non-hydrogen) atoms. The van der Waals surface area contributed by atoms with Crippen molar-refractivity contribution in [3.63, 3.8) is 0 Å². The average Bonchev–Trinajstić information content (AvgIpc) is 2.05. The predicted molar refractivity (Wildman–Crippen MR) is 47.8 cm³/mol. The molecule has 2 nitrogen and oxygen atoms in total. The van der Waals surface area contributed by atoms with Crippen LogP contribution in [-0.2, 0) is 9.53 Å². The smallest absolute Gasteiger partial charge is 0.303 e. The molecule has 0 bridgehead atoms. The van der Waals surface area contributed by atoms with Gasteiger partial charge in [0, 0.05) is 12.3 Å². The molecule has 0 amide bonds. The number of carbonyl (C=O) groups excluding carboxylic acids is 1. The summed E-state index contributed by atoms with van der Waals surface area (Å²) in [6.45, 7) is 7.87. The monoisotopic (exact) mass is 170 g/mol. The van der Waals surface area contributed by atoms with E-state index in [0.29, 0.717) is 0 Å². The number of hydrogen-bond acceptors (Lipinski definition) is 2. The molecule has 0 spiro atoms. The van der Waals surface area contributed by atoms with Crippen LogP contribution < -0.4 is 0 Å². The highest BCUT2D eigenvalue weighted by molar-refractivity contribution is 5.66. The number of esters is 1. The molecule has 0 aromatic carbocycles. The van der Waals surface area contributed by atoms with Crippen molar-refractivity contribution >= 4 is 5.97 Å². The lowest BCUT2D eigenvalue weighted by molar-refractivity contribution is -0.164. The lowest BCUT2D eigenvalue weighted by atomic mass is 9.79. The van der Waals surface area contributed by atoms with Gasteiger partial charge < -0.3 is 4.74 Å². The Hall–Kier alpha value is -0.530. The highest BCUT2D eigenvalue weighted by Gasteiger charge is 2.47. The minimum Gasteiger partial charge on any atom is -0.459 e. The SMILES string of the molecule is CC(=O)OC1(C)CCCC1(C)C. The van der Waals surface area contributed by atoms with Crippen molar-refractivity contribution in [1.82, 2.24) is 0 Å². The first-order chi connectivity index (χ1) is 5.37. The lowest BCUT2D eigenvalue weighted by Gasteiger charge is -2.37. The summed E-state index contributed by atoms with van der Waals surface area (Å²) in [5, 5.41) is 0. The van der Waals surface area contributed by atoms with E-state index in [4.69, 9.17) is 4.74 Å². The lowest BCUT2D eigenvalue weighted by Crippen LogP contribution is -2.40. The molecular formula is C10H18O2. The molecule has 0 aromatic heterocycles. The summed E-state index contributed by atoms with van der Waals surface area (Å²) >= 11 is 0. The molecule has 1 saturated carbocycles. The molecular weight excluding hydrogens is 152 g/mol. The minimum absolute atomic E-state index is 0.138. The maximum absolute atomic E-state index is 10.9. The highest BCUT2D eigenvalue weighted by atomic mass is 16.6. The maximum atomic E-state index is 10.9. The summed E-state index contributed by atoms with van der Waals surface area (Å²) < 4.78 is 5.38. The van der Waals surface area contributed by atoms with Gasteiger partial charge in [0.25, 0.3) is 0 Å². The van der Waals surface area contributed by atoms with Crippen molar-refractivity contribution in [2.24, 2.45) is 5.41 Å². The van der Waals surface area contributed by atoms with Gasteiger partial charge in [-0.1, -0.05) is 13.8 Å². The molecule has 0 saturated heterocycles. The fraction of sp³-hybridized carbons (Fsp3) is 0.900. The van der Waals surface area contributed by atoms with Crippen LogP contribution in [0.4, 0.5) is 0 Å². The van der Waals surface area contributed by atoms with Crippen LogP contribution in [0.1, 0.15) is 47.0 Å². The van der Waals surface area contributed by atoms with Gasteiger partial charge >= 0.3 is 5.97 Å². The van der Waals surface area contributed by atoms with E-state index >= 15 is 0 Å². The molecule has 2 heteroatoms. The first kappa shape index (κ1) is 9.56. The third-order valence-corrected chi connectivity index (χ3v) is 3.26. The Kier molecular flexibility index (Phi) is 2.19. The van der Waals surface area contributed by atoms with Crippen molar-refractivity contribution < 1.29 is 9.53 Å². The second-order valence-electron chi connectivity index (χ2n) is 4.56. The molecule has 1 atom stereocenters. The normalized spacial score (nSPS) is 33.3. The van der Waals surface area contributed by atoms with Crippen molar-refractivity contribution in [1.29, 1.82) is 0 Å². The maximum Gasteiger partial charge on any atom is 0.303 e. The van der Waals surface area contributed by atoms with Crippen LogP contribution in [0.3, 0.4) is 0 Å². The van der Waals surface area contributed by atoms with Crippen LogP contribution in [0.25, 0.3) is 0 Å². The van der Waals surface area contributed by atoms with Crippen LogP contribution in [0, 0.1) is 5.41 Å². The van der Waals surface area contributed by atoms with Crippen LogP contribution in [-0.4, -0.2) is 11.6 Å². The Morgan fingerprint density at radius 1 is 1.25 bits per heavy atom. The van der Waals surface area contributed by atoms with Gasteiger partial charge in [0.1, 0.15) is 5.60 Å². The molecule has 0 radical (unpaired) electrons. The Balaban J connectivity index is 2.75. The average molecular weight is 170 g/mol. The molecule has 1 fully saturated rings. The fourth-order valence-corrected chi connectivity index (χ4v) is 1.98. The van der Waals surface area contributed by atoms with E-state index < -0.39 is 0 Å². The van der Waals surface area contributed by atoms with Crippen LogP contribution in [0.2, 0.25) is 0 Å². The topological polar surface area (TPSA) is 26.3 Å². The van der Waals surface area contributed by atoms with E-state index in [1.54, 1.807) is 0 Å². The molecule has 0 heterocycles. The highest BCUT2D eigenvalue weighted by Crippen LogP contribution is 2.47. The Morgan fingerprint density at radius 3 is 2.17 bits per heavy atom. The van der Waals surface area contributed by atoms with Gasteiger partial charge in [-0.15, -0.1) is 0 Å². The predicted octanol–water partition coefficient (Wildman–Crippen LogP) is 2.52. The zero-order valence-corrected chi connectivity index (χ0v) is 8.44. The van der Waals surface area contributed by atoms with E-state index in [9.17, 15) is 4.79 Å². The zero-order chi connectivity index (χ0) is 9.41. The van der Waals surface area contributed by atoms with Crippen molar-refractivity contribution in [2.75, 3.05) is 0 Å². The van der Waals surface area contributed by atoms with Crippen molar-refractivity contribution in [3.05, 3.63) is 0 Å². The number of carbonyl (C=O) groups is 1. The molecule has 1 unspecified atom stereocenters. The molecule has 1 aliphatic rings. The molecule has 70 valence electrons. The summed E-state index contributed by atoms with van der Waals surface area (Å²) in [5.41, 5.74) is -0.0997. The van der Waals surface area contributed by atoms with E-state index in [2.05, 4.69) is 13.8 Å². The van der Waals surface area contributed by atoms with Crippen LogP contribution >= 0.6 is 0 Å². The Labute approximate surface area is 74.3 Å². The van der Waals surface area contributed by atoms with Gasteiger partial charge in [0.15, 0.2) is 0 Å². The van der Waals surface area contributed by atoms with Crippen molar-refractivity contribution in [3.8, 4) is 0 Å². The molecule has 0 aliphatic heterocycles. The van der Waals surface area contributed by atoms with E-state index in [1.165, 1.54) is 6.92 Å². The first-order valence-corrected chi connectivity index (χ1v) is 4.57. The summed E-state index contributed by atoms with van der Waals surface area (Å²) in [5.74, 6) is -0.160. The van der Waals surface area contributed by atoms with Gasteiger partial charge in [-0.2, -0.15) is 0 Å². The number of hydrogen-bond donors (Lipinski definition) is 0. The first-order valence-electron chi connectivity index (χ1n) is 4.57. The summed E-state index contributed by atoms with van der Waals surface area (Å²) in [7, 11) is 0. The molecule has 0 aromatic rings. The summed E-state index contributed by atoms with van der Waals surface area (Å²) in [6.07, 6.45) is 3.31. The fourth-order valence-electron chi connectivity index (χ4n) is 1.98. The van der Waals surface area contributed by atoms with Gasteiger partial charge in [-0.05, 0) is 26.2 Å². The summed E-state index contributed by atoms with van der Waals surface area (Å²) in [6, 6.07) is 0. The number of rotatable bonds is 1. The van der Waals surface area contributed by atoms with Gasteiger partial charge in [0.05, 0.1) is 0 Å². The van der Waals surface area contributed by atoms with Crippen LogP contribution in [0.5, 0.6) is 0 Å². The van der Waals surface area contributed by atoms with Gasteiger partial charge in [0.2, 0.25) is 0 Å². The third kappa shape index (κ3) is 1.47. The minimum atomic E-state index is -0.237. The summed E-state index contributed by atoms with van der Waals surface area (Å²) in [4.78, 5) is 10.9. The Bertz CT molecular complexity index is 196. The molecule has 1 rings (SSSR count). The van der Waals surface area contributed by atoms with Crippen LogP contribution in [0.15, 0.2) is 0 Å². The van der Waals surface area contributed by atoms with E-state index in [-0.39, 0.29) is 17.0 Å². The van der Waals surface area contributed by atoms with Gasteiger partial charge in [-0.3, -0.25) is 4.79 Å². The standard InChI is InChI=1S/C10H18O2/c1-8(11)12-10(4)7-5-6-9(10,2)3/h5-7H2,1-4H3. The largest absolute Gasteiger partial charge is 0.459 e. The van der Waals surface area contributed by atoms with E-state index in [1.807, 2.05) is 6.92 Å². The van der Waals surface area contributed by atoms with E-state index in [0.717, 1.165) is 19.3 Å². The van der Waals surface area contributed by atoms with Gasteiger partial charge in [-0.25, -0.2) is 0 Å². The Morgan fingerprint density at radius 2 is 1.83 bits per heavy atom. The van der Waals surface area contributed by atoms with Crippen molar-refractivity contribution in [2.45, 2.75) is 52.6 Å². The quantitative estimate of drug-likeness (QED) is 0.565. The second kappa shape index (κ2) is 2.75. The number of ether oxygens (including phenoxy) is 1. The molecule has 0 N–H and O–H groups in total. The second-order valence-corrected chi connectivity index (χ2v) is 4.56. The zero-order valence-electron chi connectivity index (χ0n) is 8.44.